The molecule has 1 radical (unpaired) electrons. The van der Waals surface area contributed by atoms with Crippen LogP contribution in [0.15, 0.2) is 18.2 Å². The lowest BCUT2D eigenvalue weighted by molar-refractivity contribution is 0.413. The number of hydrogen-bond donors (Lipinski definition) is 1. The van der Waals surface area contributed by atoms with Crippen molar-refractivity contribution in [2.45, 2.75) is 18.8 Å². The molecule has 1 aromatic carbocycles. The Bertz CT molecular complexity index is 292. The highest BCUT2D eigenvalue weighted by atomic mass is 35.5. The van der Waals surface area contributed by atoms with Crippen molar-refractivity contribution in [2.75, 3.05) is 0 Å². The van der Waals surface area contributed by atoms with Gasteiger partial charge in [-0.2, -0.15) is 0 Å². The van der Waals surface area contributed by atoms with Crippen molar-refractivity contribution >= 4 is 11.6 Å². The van der Waals surface area contributed by atoms with Crippen LogP contribution in [0, 0.1) is 6.61 Å². The van der Waals surface area contributed by atoms with Crippen LogP contribution in [0.3, 0.4) is 0 Å². The highest BCUT2D eigenvalue weighted by Crippen LogP contribution is 2.42. The van der Waals surface area contributed by atoms with Gasteiger partial charge in [-0.15, -0.1) is 0 Å². The smallest absolute Gasteiger partial charge is 0.109 e. The lowest BCUT2D eigenvalue weighted by atomic mass is 10.0. The molecule has 0 unspecified atom stereocenters. The summed E-state index contributed by atoms with van der Waals surface area (Å²) in [5.74, 6) is 0.653. The average molecular weight is 182 g/mol. The molecule has 2 heteroatoms. The third-order valence-electron chi connectivity index (χ3n) is 2.21. The zero-order valence-electron chi connectivity index (χ0n) is 6.63. The van der Waals surface area contributed by atoms with Crippen molar-refractivity contribution in [3.8, 4) is 0 Å². The first-order valence-corrected chi connectivity index (χ1v) is 4.46. The van der Waals surface area contributed by atoms with Crippen molar-refractivity contribution in [3.63, 3.8) is 0 Å². The summed E-state index contributed by atoms with van der Waals surface area (Å²) in [5.41, 5.74) is 2.09. The summed E-state index contributed by atoms with van der Waals surface area (Å²) in [5, 5.41) is 9.62. The molecule has 0 bridgehead atoms. The summed E-state index contributed by atoms with van der Waals surface area (Å²) < 4.78 is 0. The summed E-state index contributed by atoms with van der Waals surface area (Å²) in [6, 6.07) is 5.68. The number of rotatable bonds is 2. The van der Waals surface area contributed by atoms with E-state index in [1.54, 1.807) is 6.07 Å². The average Bonchev–Trinajstić information content (AvgIpc) is 2.87. The second-order valence-corrected chi connectivity index (χ2v) is 3.61. The Balaban J connectivity index is 2.38. The second-order valence-electron chi connectivity index (χ2n) is 3.18. The standard InChI is InChI=1S/C10H10ClO/c11-9-3-4-10(7-1-2-7)8(5-9)6-12/h3-7,12H,1-2H2. The van der Waals surface area contributed by atoms with Gasteiger partial charge in [0, 0.05) is 5.02 Å². The molecule has 1 fully saturated rings. The number of aliphatic hydroxyl groups excluding tert-OH is 1. The van der Waals surface area contributed by atoms with Gasteiger partial charge in [0.2, 0.25) is 0 Å². The van der Waals surface area contributed by atoms with Gasteiger partial charge in [0.05, 0.1) is 0 Å². The van der Waals surface area contributed by atoms with E-state index < -0.39 is 0 Å². The Morgan fingerprint density at radius 2 is 2.17 bits per heavy atom. The summed E-state index contributed by atoms with van der Waals surface area (Å²) >= 11 is 5.79. The van der Waals surface area contributed by atoms with Crippen LogP contribution in [0.4, 0.5) is 0 Å². The van der Waals surface area contributed by atoms with E-state index in [1.165, 1.54) is 18.4 Å². The van der Waals surface area contributed by atoms with Crippen LogP contribution in [0.25, 0.3) is 0 Å². The third-order valence-corrected chi connectivity index (χ3v) is 2.44. The van der Waals surface area contributed by atoms with Crippen LogP contribution in [-0.4, -0.2) is 5.11 Å². The molecule has 0 heterocycles. The van der Waals surface area contributed by atoms with Crippen LogP contribution in [0.5, 0.6) is 0 Å². The van der Waals surface area contributed by atoms with Gasteiger partial charge in [-0.25, -0.2) is 0 Å². The first kappa shape index (κ1) is 8.09. The quantitative estimate of drug-likeness (QED) is 0.744. The molecule has 1 nitrogen and oxygen atoms in total. The number of aliphatic hydroxyl groups is 1. The Kier molecular flexibility index (Phi) is 2.07. The molecular formula is C10H10ClO. The first-order valence-electron chi connectivity index (χ1n) is 4.08. The molecule has 0 amide bonds. The number of halogens is 1. The van der Waals surface area contributed by atoms with Gasteiger partial charge >= 0.3 is 0 Å². The predicted molar refractivity (Wildman–Crippen MR) is 48.8 cm³/mol. The van der Waals surface area contributed by atoms with Gasteiger partial charge in [-0.1, -0.05) is 17.7 Å². The van der Waals surface area contributed by atoms with Crippen molar-refractivity contribution in [2.24, 2.45) is 0 Å². The largest absolute Gasteiger partial charge is 0.385 e. The van der Waals surface area contributed by atoms with Gasteiger partial charge in [-0.3, -0.25) is 0 Å². The minimum Gasteiger partial charge on any atom is -0.385 e. The fourth-order valence-corrected chi connectivity index (χ4v) is 1.60. The molecule has 1 aromatic rings. The lowest BCUT2D eigenvalue weighted by Gasteiger charge is -2.04. The molecule has 0 aromatic heterocycles. The maximum atomic E-state index is 8.94. The summed E-state index contributed by atoms with van der Waals surface area (Å²) in [4.78, 5) is 0. The van der Waals surface area contributed by atoms with Gasteiger partial charge < -0.3 is 5.11 Å². The minimum atomic E-state index is 0.653. The predicted octanol–water partition coefficient (Wildman–Crippen LogP) is 3.10. The van der Waals surface area contributed by atoms with Crippen molar-refractivity contribution in [3.05, 3.63) is 41.0 Å². The van der Waals surface area contributed by atoms with E-state index in [0.29, 0.717) is 10.9 Å². The minimum absolute atomic E-state index is 0.653. The normalized spacial score (nSPS) is 16.5. The molecule has 63 valence electrons. The molecule has 1 saturated carbocycles. The monoisotopic (exact) mass is 181 g/mol. The van der Waals surface area contributed by atoms with E-state index >= 15 is 0 Å². The lowest BCUT2D eigenvalue weighted by Crippen LogP contribution is -1.89. The van der Waals surface area contributed by atoms with Crippen LogP contribution in [0.1, 0.15) is 29.9 Å². The van der Waals surface area contributed by atoms with Crippen molar-refractivity contribution in [1.82, 2.24) is 0 Å². The molecule has 12 heavy (non-hydrogen) atoms. The molecule has 0 saturated heterocycles. The van der Waals surface area contributed by atoms with E-state index in [2.05, 4.69) is 0 Å². The summed E-state index contributed by atoms with van der Waals surface area (Å²) in [7, 11) is 0. The van der Waals surface area contributed by atoms with Gasteiger partial charge in [-0.05, 0) is 42.0 Å². The fourth-order valence-electron chi connectivity index (χ4n) is 1.42. The first-order chi connectivity index (χ1) is 5.81. The molecule has 2 rings (SSSR count). The molecular weight excluding hydrogens is 172 g/mol. The molecule has 1 aliphatic carbocycles. The van der Waals surface area contributed by atoms with Crippen LogP contribution in [0.2, 0.25) is 5.02 Å². The van der Waals surface area contributed by atoms with Crippen LogP contribution in [-0.2, 0) is 0 Å². The molecule has 0 atom stereocenters. The van der Waals surface area contributed by atoms with E-state index in [-0.39, 0.29) is 0 Å². The highest BCUT2D eigenvalue weighted by molar-refractivity contribution is 6.30. The highest BCUT2D eigenvalue weighted by Gasteiger charge is 2.25. The molecule has 0 spiro atoms. The van der Waals surface area contributed by atoms with E-state index in [0.717, 1.165) is 12.2 Å². The van der Waals surface area contributed by atoms with Gasteiger partial charge in [0.25, 0.3) is 0 Å². The Hall–Kier alpha value is -0.530. The maximum Gasteiger partial charge on any atom is 0.109 e. The van der Waals surface area contributed by atoms with Gasteiger partial charge in [0.1, 0.15) is 6.61 Å². The summed E-state index contributed by atoms with van der Waals surface area (Å²) in [6.07, 6.45) is 2.48. The van der Waals surface area contributed by atoms with Gasteiger partial charge in [0.15, 0.2) is 0 Å². The van der Waals surface area contributed by atoms with Crippen LogP contribution < -0.4 is 0 Å². The summed E-state index contributed by atoms with van der Waals surface area (Å²) in [6.45, 7) is 1.14. The number of benzene rings is 1. The molecule has 1 aliphatic rings. The van der Waals surface area contributed by atoms with E-state index in [4.69, 9.17) is 16.7 Å². The van der Waals surface area contributed by atoms with E-state index in [1.807, 2.05) is 12.1 Å². The van der Waals surface area contributed by atoms with Crippen molar-refractivity contribution in [1.29, 1.82) is 0 Å². The fraction of sp³-hybridized carbons (Fsp3) is 0.300. The molecule has 1 N–H and O–H groups in total. The van der Waals surface area contributed by atoms with Crippen molar-refractivity contribution < 1.29 is 5.11 Å². The van der Waals surface area contributed by atoms with E-state index in [9.17, 15) is 0 Å². The molecule has 0 aliphatic heterocycles. The second kappa shape index (κ2) is 3.08. The zero-order valence-corrected chi connectivity index (χ0v) is 7.38. The number of hydrogen-bond acceptors (Lipinski definition) is 1. The Labute approximate surface area is 77.0 Å². The third kappa shape index (κ3) is 1.47. The topological polar surface area (TPSA) is 20.2 Å². The SMILES string of the molecule is O[CH]c1cc(Cl)ccc1C1CC1. The van der Waals surface area contributed by atoms with Crippen LogP contribution >= 0.6 is 11.6 Å². The zero-order chi connectivity index (χ0) is 8.55. The Morgan fingerprint density at radius 3 is 2.75 bits per heavy atom. The maximum absolute atomic E-state index is 8.94. The Morgan fingerprint density at radius 1 is 1.42 bits per heavy atom.